The fourth-order valence-corrected chi connectivity index (χ4v) is 3.36. The van der Waals surface area contributed by atoms with Crippen molar-refractivity contribution in [3.05, 3.63) is 111 Å². The van der Waals surface area contributed by atoms with Crippen molar-refractivity contribution in [1.82, 2.24) is 9.13 Å². The molecule has 1 aromatic heterocycles. The number of rotatable bonds is 5. The second-order valence-corrected chi connectivity index (χ2v) is 7.08. The highest BCUT2D eigenvalue weighted by Crippen LogP contribution is 2.15. The first kappa shape index (κ1) is 21.1. The average Bonchev–Trinajstić information content (AvgIpc) is 2.77. The molecule has 0 aliphatic carbocycles. The van der Waals surface area contributed by atoms with Crippen molar-refractivity contribution in [3.8, 4) is 0 Å². The number of nitrogens with zero attached hydrogens (tertiary/aromatic N) is 2. The molecule has 1 amide bonds. The number of hydrogen-bond acceptors (Lipinski definition) is 3. The highest BCUT2D eigenvalue weighted by molar-refractivity contribution is 5.91. The number of aromatic nitrogens is 2. The molecule has 1 N–H and O–H groups in total. The maximum atomic E-state index is 13.9. The third-order valence-electron chi connectivity index (χ3n) is 4.89. The Balaban J connectivity index is 1.74. The molecule has 0 bridgehead atoms. The van der Waals surface area contributed by atoms with E-state index in [0.717, 1.165) is 21.3 Å². The van der Waals surface area contributed by atoms with Crippen LogP contribution in [-0.2, 0) is 17.9 Å². The molecule has 0 aliphatic rings. The molecule has 4 aromatic rings. The molecule has 4 rings (SSSR count). The van der Waals surface area contributed by atoms with E-state index in [9.17, 15) is 27.6 Å². The van der Waals surface area contributed by atoms with Crippen LogP contribution in [0, 0.1) is 17.5 Å². The van der Waals surface area contributed by atoms with Gasteiger partial charge in [0.25, 0.3) is 5.56 Å². The highest BCUT2D eigenvalue weighted by Gasteiger charge is 2.16. The van der Waals surface area contributed by atoms with E-state index in [1.807, 2.05) is 0 Å². The molecule has 0 atom stereocenters. The summed E-state index contributed by atoms with van der Waals surface area (Å²) < 4.78 is 42.2. The number of amides is 1. The first-order valence-corrected chi connectivity index (χ1v) is 9.55. The molecule has 0 unspecified atom stereocenters. The smallest absolute Gasteiger partial charge is 0.322 e. The number of carbonyl (C=O) groups excluding carboxylic acids is 1. The van der Waals surface area contributed by atoms with Crippen LogP contribution in [0.3, 0.4) is 0 Å². The standard InChI is InChI=1S/C23H16F3N3O3/c24-15-7-5-14(6-8-15)12-29-22(31)17-3-1-2-4-20(17)28(23(29)32)13-21(30)27-19-10-9-16(25)11-18(19)26/h1-11H,12-13H2,(H,27,30). The Hall–Kier alpha value is -4.14. The first-order valence-electron chi connectivity index (χ1n) is 9.55. The number of carbonyl (C=O) groups is 1. The highest BCUT2D eigenvalue weighted by atomic mass is 19.1. The number of hydrogen-bond donors (Lipinski definition) is 1. The maximum Gasteiger partial charge on any atom is 0.332 e. The number of halogens is 3. The van der Waals surface area contributed by atoms with Gasteiger partial charge in [-0.2, -0.15) is 0 Å². The van der Waals surface area contributed by atoms with Crippen LogP contribution in [0.4, 0.5) is 18.9 Å². The van der Waals surface area contributed by atoms with E-state index in [0.29, 0.717) is 11.6 Å². The van der Waals surface area contributed by atoms with Crippen LogP contribution >= 0.6 is 0 Å². The van der Waals surface area contributed by atoms with Crippen LogP contribution < -0.4 is 16.6 Å². The number of fused-ring (bicyclic) bond motifs is 1. The number of para-hydroxylation sites is 1. The van der Waals surface area contributed by atoms with Crippen molar-refractivity contribution in [1.29, 1.82) is 0 Å². The SMILES string of the molecule is O=C(Cn1c(=O)n(Cc2ccc(F)cc2)c(=O)c2ccccc21)Nc1ccc(F)cc1F. The Morgan fingerprint density at radius 2 is 1.53 bits per heavy atom. The summed E-state index contributed by atoms with van der Waals surface area (Å²) in [5.41, 5.74) is -0.810. The largest absolute Gasteiger partial charge is 0.332 e. The van der Waals surface area contributed by atoms with Crippen LogP contribution in [0.15, 0.2) is 76.3 Å². The molecule has 0 radical (unpaired) electrons. The van der Waals surface area contributed by atoms with Gasteiger partial charge in [0, 0.05) is 6.07 Å². The van der Waals surface area contributed by atoms with Crippen molar-refractivity contribution in [3.63, 3.8) is 0 Å². The summed E-state index contributed by atoms with van der Waals surface area (Å²) in [6.45, 7) is -0.642. The molecule has 0 saturated carbocycles. The van der Waals surface area contributed by atoms with Crippen molar-refractivity contribution in [2.45, 2.75) is 13.1 Å². The third kappa shape index (κ3) is 4.18. The van der Waals surface area contributed by atoms with Crippen molar-refractivity contribution in [2.24, 2.45) is 0 Å². The summed E-state index contributed by atoms with van der Waals surface area (Å²) in [4.78, 5) is 38.6. The second-order valence-electron chi connectivity index (χ2n) is 7.08. The van der Waals surface area contributed by atoms with E-state index < -0.39 is 41.2 Å². The van der Waals surface area contributed by atoms with Crippen LogP contribution in [-0.4, -0.2) is 15.0 Å². The molecule has 1 heterocycles. The maximum absolute atomic E-state index is 13.9. The summed E-state index contributed by atoms with van der Waals surface area (Å²) in [5, 5.41) is 2.50. The van der Waals surface area contributed by atoms with Gasteiger partial charge >= 0.3 is 5.69 Å². The van der Waals surface area contributed by atoms with Gasteiger partial charge < -0.3 is 5.32 Å². The van der Waals surface area contributed by atoms with Crippen molar-refractivity contribution < 1.29 is 18.0 Å². The van der Waals surface area contributed by atoms with E-state index in [1.54, 1.807) is 12.1 Å². The van der Waals surface area contributed by atoms with Gasteiger partial charge in [0.05, 0.1) is 23.1 Å². The normalized spacial score (nSPS) is 11.0. The summed E-state index contributed by atoms with van der Waals surface area (Å²) in [6, 6.07) is 14.3. The molecule has 0 saturated heterocycles. The van der Waals surface area contributed by atoms with E-state index in [1.165, 1.54) is 36.4 Å². The molecule has 32 heavy (non-hydrogen) atoms. The zero-order valence-electron chi connectivity index (χ0n) is 16.5. The molecular weight excluding hydrogens is 423 g/mol. The Bertz CT molecular complexity index is 1440. The predicted octanol–water partition coefficient (Wildman–Crippen LogP) is 3.27. The molecular formula is C23H16F3N3O3. The lowest BCUT2D eigenvalue weighted by Crippen LogP contribution is -2.42. The van der Waals surface area contributed by atoms with Gasteiger partial charge in [0.15, 0.2) is 0 Å². The van der Waals surface area contributed by atoms with Crippen LogP contribution in [0.25, 0.3) is 10.9 Å². The molecule has 0 spiro atoms. The van der Waals surface area contributed by atoms with Crippen LogP contribution in [0.5, 0.6) is 0 Å². The van der Waals surface area contributed by atoms with Crippen LogP contribution in [0.2, 0.25) is 0 Å². The van der Waals surface area contributed by atoms with Crippen molar-refractivity contribution >= 4 is 22.5 Å². The number of benzene rings is 3. The summed E-state index contributed by atoms with van der Waals surface area (Å²) in [5.74, 6) is -2.95. The lowest BCUT2D eigenvalue weighted by molar-refractivity contribution is -0.116. The minimum Gasteiger partial charge on any atom is -0.322 e. The second kappa shape index (κ2) is 8.54. The lowest BCUT2D eigenvalue weighted by Gasteiger charge is -2.14. The average molecular weight is 439 g/mol. The van der Waals surface area contributed by atoms with Crippen LogP contribution in [0.1, 0.15) is 5.56 Å². The van der Waals surface area contributed by atoms with Gasteiger partial charge in [-0.05, 0) is 42.0 Å². The van der Waals surface area contributed by atoms with E-state index >= 15 is 0 Å². The minimum atomic E-state index is -0.961. The van der Waals surface area contributed by atoms with Gasteiger partial charge in [-0.1, -0.05) is 24.3 Å². The molecule has 162 valence electrons. The lowest BCUT2D eigenvalue weighted by atomic mass is 10.2. The quantitative estimate of drug-likeness (QED) is 0.519. The zero-order valence-corrected chi connectivity index (χ0v) is 16.5. The molecule has 0 aliphatic heterocycles. The third-order valence-corrected chi connectivity index (χ3v) is 4.89. The summed E-state index contributed by atoms with van der Waals surface area (Å²) in [7, 11) is 0. The number of anilines is 1. The first-order chi connectivity index (χ1) is 15.3. The summed E-state index contributed by atoms with van der Waals surface area (Å²) >= 11 is 0. The van der Waals surface area contributed by atoms with Gasteiger partial charge in [-0.25, -0.2) is 18.0 Å². The Morgan fingerprint density at radius 1 is 0.844 bits per heavy atom. The molecule has 0 fully saturated rings. The van der Waals surface area contributed by atoms with Gasteiger partial charge in [0.1, 0.15) is 24.0 Å². The van der Waals surface area contributed by atoms with Gasteiger partial charge in [-0.3, -0.25) is 18.7 Å². The topological polar surface area (TPSA) is 73.1 Å². The Kier molecular flexibility index (Phi) is 5.63. The monoisotopic (exact) mass is 439 g/mol. The van der Waals surface area contributed by atoms with Gasteiger partial charge in [-0.15, -0.1) is 0 Å². The molecule has 9 heteroatoms. The fourth-order valence-electron chi connectivity index (χ4n) is 3.36. The Labute approximate surface area is 179 Å². The minimum absolute atomic E-state index is 0.128. The summed E-state index contributed by atoms with van der Waals surface area (Å²) in [6.07, 6.45) is 0. The number of nitrogens with one attached hydrogen (secondary N) is 1. The zero-order chi connectivity index (χ0) is 22.8. The molecule has 6 nitrogen and oxygen atoms in total. The van der Waals surface area contributed by atoms with Gasteiger partial charge in [0.2, 0.25) is 5.91 Å². The van der Waals surface area contributed by atoms with Crippen molar-refractivity contribution in [2.75, 3.05) is 5.32 Å². The van der Waals surface area contributed by atoms with E-state index in [4.69, 9.17) is 0 Å². The van der Waals surface area contributed by atoms with E-state index in [2.05, 4.69) is 5.32 Å². The Morgan fingerprint density at radius 3 is 2.25 bits per heavy atom. The predicted molar refractivity (Wildman–Crippen MR) is 113 cm³/mol. The van der Waals surface area contributed by atoms with E-state index in [-0.39, 0.29) is 23.1 Å². The molecule has 3 aromatic carbocycles. The fraction of sp³-hybridized carbons (Fsp3) is 0.0870.